The van der Waals surface area contributed by atoms with Gasteiger partial charge in [0.25, 0.3) is 0 Å². The van der Waals surface area contributed by atoms with Gasteiger partial charge in [-0.25, -0.2) is 0 Å². The van der Waals surface area contributed by atoms with E-state index < -0.39 is 0 Å². The maximum atomic E-state index is 11.4. The summed E-state index contributed by atoms with van der Waals surface area (Å²) in [4.78, 5) is 11.4. The Balaban J connectivity index is 2.25. The summed E-state index contributed by atoms with van der Waals surface area (Å²) in [5.41, 5.74) is -0.295. The van der Waals surface area contributed by atoms with Crippen LogP contribution < -0.4 is 0 Å². The second kappa shape index (κ2) is 4.36. The molecule has 0 fully saturated rings. The van der Waals surface area contributed by atoms with Crippen molar-refractivity contribution in [1.82, 2.24) is 0 Å². The SMILES string of the molecule is C#CCCC1(CCC(=O)C(C)C)N=N1. The minimum atomic E-state index is -0.295. The van der Waals surface area contributed by atoms with E-state index in [-0.39, 0.29) is 17.4 Å². The van der Waals surface area contributed by atoms with Crippen molar-refractivity contribution < 1.29 is 4.79 Å². The molecule has 0 aromatic carbocycles. The summed E-state index contributed by atoms with van der Waals surface area (Å²) in [6.45, 7) is 3.83. The fourth-order valence-electron chi connectivity index (χ4n) is 1.28. The third-order valence-electron chi connectivity index (χ3n) is 2.47. The van der Waals surface area contributed by atoms with Gasteiger partial charge in [0.15, 0.2) is 5.66 Å². The van der Waals surface area contributed by atoms with Crippen molar-refractivity contribution in [2.75, 3.05) is 0 Å². The first kappa shape index (κ1) is 10.9. The zero-order valence-electron chi connectivity index (χ0n) is 8.79. The van der Waals surface area contributed by atoms with Gasteiger partial charge in [-0.2, -0.15) is 10.2 Å². The molecule has 0 atom stereocenters. The topological polar surface area (TPSA) is 41.8 Å². The van der Waals surface area contributed by atoms with Crippen LogP contribution in [0.2, 0.25) is 0 Å². The number of ketones is 1. The summed E-state index contributed by atoms with van der Waals surface area (Å²) in [5.74, 6) is 2.96. The molecule has 1 aliphatic rings. The van der Waals surface area contributed by atoms with Crippen molar-refractivity contribution in [1.29, 1.82) is 0 Å². The molecule has 1 heterocycles. The Morgan fingerprint density at radius 3 is 2.50 bits per heavy atom. The highest BCUT2D eigenvalue weighted by atomic mass is 16.1. The molecule has 0 amide bonds. The van der Waals surface area contributed by atoms with Crippen LogP contribution >= 0.6 is 0 Å². The highest BCUT2D eigenvalue weighted by Gasteiger charge is 2.39. The Labute approximate surface area is 85.0 Å². The predicted octanol–water partition coefficient (Wildman–Crippen LogP) is 2.57. The molecule has 0 bridgehead atoms. The molecule has 0 aliphatic carbocycles. The fraction of sp³-hybridized carbons (Fsp3) is 0.727. The lowest BCUT2D eigenvalue weighted by atomic mass is 9.97. The summed E-state index contributed by atoms with van der Waals surface area (Å²) in [7, 11) is 0. The van der Waals surface area contributed by atoms with Gasteiger partial charge in [0.1, 0.15) is 5.78 Å². The number of terminal acetylenes is 1. The second-order valence-corrected chi connectivity index (χ2v) is 4.01. The largest absolute Gasteiger partial charge is 0.299 e. The average molecular weight is 192 g/mol. The van der Waals surface area contributed by atoms with E-state index in [1.165, 1.54) is 0 Å². The molecular formula is C11H16N2O. The van der Waals surface area contributed by atoms with E-state index in [4.69, 9.17) is 6.42 Å². The molecule has 0 radical (unpaired) electrons. The monoisotopic (exact) mass is 192 g/mol. The van der Waals surface area contributed by atoms with E-state index in [1.54, 1.807) is 0 Å². The predicted molar refractivity (Wildman–Crippen MR) is 54.7 cm³/mol. The van der Waals surface area contributed by atoms with E-state index in [0.29, 0.717) is 12.8 Å². The third-order valence-corrected chi connectivity index (χ3v) is 2.47. The molecule has 0 aromatic rings. The normalized spacial score (nSPS) is 16.7. The number of Topliss-reactive ketones (excluding diaryl/α,β-unsaturated/α-hetero) is 1. The zero-order chi connectivity index (χ0) is 10.6. The summed E-state index contributed by atoms with van der Waals surface area (Å²) >= 11 is 0. The summed E-state index contributed by atoms with van der Waals surface area (Å²) in [6.07, 6.45) is 7.93. The van der Waals surface area contributed by atoms with E-state index in [0.717, 1.165) is 12.8 Å². The summed E-state index contributed by atoms with van der Waals surface area (Å²) in [6, 6.07) is 0. The van der Waals surface area contributed by atoms with Crippen LogP contribution in [0.5, 0.6) is 0 Å². The van der Waals surface area contributed by atoms with Gasteiger partial charge in [-0.3, -0.25) is 4.79 Å². The minimum Gasteiger partial charge on any atom is -0.299 e. The maximum absolute atomic E-state index is 11.4. The number of nitrogens with zero attached hydrogens (tertiary/aromatic N) is 2. The van der Waals surface area contributed by atoms with Crippen LogP contribution in [0.1, 0.15) is 39.5 Å². The van der Waals surface area contributed by atoms with Crippen molar-refractivity contribution >= 4 is 5.78 Å². The Hall–Kier alpha value is -1.17. The minimum absolute atomic E-state index is 0.110. The molecule has 14 heavy (non-hydrogen) atoms. The molecule has 1 aliphatic heterocycles. The van der Waals surface area contributed by atoms with Crippen molar-refractivity contribution in [2.24, 2.45) is 16.1 Å². The van der Waals surface area contributed by atoms with Crippen LogP contribution in [-0.4, -0.2) is 11.4 Å². The van der Waals surface area contributed by atoms with Gasteiger partial charge in [0.2, 0.25) is 0 Å². The van der Waals surface area contributed by atoms with Crippen molar-refractivity contribution in [3.8, 4) is 12.3 Å². The van der Waals surface area contributed by atoms with Crippen LogP contribution in [0.25, 0.3) is 0 Å². The van der Waals surface area contributed by atoms with Crippen molar-refractivity contribution in [3.63, 3.8) is 0 Å². The lowest BCUT2D eigenvalue weighted by molar-refractivity contribution is -0.122. The number of rotatable bonds is 6. The van der Waals surface area contributed by atoms with Gasteiger partial charge in [-0.05, 0) is 0 Å². The maximum Gasteiger partial charge on any atom is 0.192 e. The number of carbonyl (C=O) groups is 1. The Morgan fingerprint density at radius 2 is 2.07 bits per heavy atom. The van der Waals surface area contributed by atoms with E-state index in [9.17, 15) is 4.79 Å². The number of hydrogen-bond donors (Lipinski definition) is 0. The van der Waals surface area contributed by atoms with E-state index in [1.807, 2.05) is 13.8 Å². The molecule has 76 valence electrons. The highest BCUT2D eigenvalue weighted by molar-refractivity contribution is 5.80. The second-order valence-electron chi connectivity index (χ2n) is 4.01. The average Bonchev–Trinajstić information content (AvgIpc) is 2.92. The number of hydrogen-bond acceptors (Lipinski definition) is 3. The molecule has 0 unspecified atom stereocenters. The fourth-order valence-corrected chi connectivity index (χ4v) is 1.28. The molecule has 0 spiro atoms. The first-order valence-electron chi connectivity index (χ1n) is 5.00. The van der Waals surface area contributed by atoms with Crippen molar-refractivity contribution in [3.05, 3.63) is 0 Å². The molecule has 3 nitrogen and oxygen atoms in total. The van der Waals surface area contributed by atoms with E-state index >= 15 is 0 Å². The van der Waals surface area contributed by atoms with E-state index in [2.05, 4.69) is 16.1 Å². The molecule has 0 N–H and O–H groups in total. The van der Waals surface area contributed by atoms with Crippen LogP contribution in [0, 0.1) is 18.3 Å². The Bertz CT molecular complexity index is 280. The number of carbonyl (C=O) groups excluding carboxylic acids is 1. The van der Waals surface area contributed by atoms with Crippen LogP contribution in [0.3, 0.4) is 0 Å². The molecule has 0 aromatic heterocycles. The smallest absolute Gasteiger partial charge is 0.192 e. The Kier molecular flexibility index (Phi) is 3.40. The quantitative estimate of drug-likeness (QED) is 0.596. The van der Waals surface area contributed by atoms with Gasteiger partial charge in [0.05, 0.1) is 0 Å². The first-order chi connectivity index (χ1) is 6.59. The van der Waals surface area contributed by atoms with Gasteiger partial charge >= 0.3 is 0 Å². The molecule has 0 saturated heterocycles. The molecule has 1 rings (SSSR count). The zero-order valence-corrected chi connectivity index (χ0v) is 8.79. The first-order valence-corrected chi connectivity index (χ1v) is 5.00. The third kappa shape index (κ3) is 2.95. The van der Waals surface area contributed by atoms with Gasteiger partial charge in [0, 0.05) is 31.6 Å². The van der Waals surface area contributed by atoms with Crippen LogP contribution in [0.15, 0.2) is 10.2 Å². The summed E-state index contributed by atoms with van der Waals surface area (Å²) < 4.78 is 0. The standard InChI is InChI=1S/C11H16N2O/c1-4-5-7-11(12-13-11)8-6-10(14)9(2)3/h1,9H,5-8H2,2-3H3. The molecular weight excluding hydrogens is 176 g/mol. The molecule has 3 heteroatoms. The highest BCUT2D eigenvalue weighted by Crippen LogP contribution is 2.37. The Morgan fingerprint density at radius 1 is 1.43 bits per heavy atom. The summed E-state index contributed by atoms with van der Waals surface area (Å²) in [5, 5.41) is 7.96. The van der Waals surface area contributed by atoms with Crippen molar-refractivity contribution in [2.45, 2.75) is 45.2 Å². The van der Waals surface area contributed by atoms with Gasteiger partial charge in [-0.1, -0.05) is 13.8 Å². The van der Waals surface area contributed by atoms with Gasteiger partial charge in [-0.15, -0.1) is 12.3 Å². The lowest BCUT2D eigenvalue weighted by Gasteiger charge is -2.08. The van der Waals surface area contributed by atoms with Crippen LogP contribution in [0.4, 0.5) is 0 Å². The lowest BCUT2D eigenvalue weighted by Crippen LogP contribution is -2.15. The van der Waals surface area contributed by atoms with Crippen LogP contribution in [-0.2, 0) is 4.79 Å². The molecule has 0 saturated carbocycles. The van der Waals surface area contributed by atoms with Gasteiger partial charge < -0.3 is 0 Å².